The van der Waals surface area contributed by atoms with Crippen LogP contribution in [0.4, 0.5) is 5.69 Å². The quantitative estimate of drug-likeness (QED) is 0.863. The van der Waals surface area contributed by atoms with Crippen LogP contribution in [-0.2, 0) is 4.79 Å². The van der Waals surface area contributed by atoms with Gasteiger partial charge in [-0.05, 0) is 35.1 Å². The molecular formula is C11H10ClN3O2S. The molecule has 0 N–H and O–H groups in total. The van der Waals surface area contributed by atoms with Crippen LogP contribution in [0.2, 0.25) is 4.47 Å². The number of amides is 1. The van der Waals surface area contributed by atoms with Crippen molar-refractivity contribution in [3.05, 3.63) is 34.8 Å². The molecule has 2 aromatic rings. The van der Waals surface area contributed by atoms with Crippen molar-refractivity contribution < 1.29 is 9.53 Å². The molecule has 7 heteroatoms. The van der Waals surface area contributed by atoms with Gasteiger partial charge >= 0.3 is 0 Å². The van der Waals surface area contributed by atoms with Crippen LogP contribution in [-0.4, -0.2) is 29.8 Å². The minimum Gasteiger partial charge on any atom is -0.459 e. The average Bonchev–Trinajstić information content (AvgIpc) is 2.82. The fraction of sp³-hybridized carbons (Fsp3) is 0.182. The summed E-state index contributed by atoms with van der Waals surface area (Å²) in [5.74, 6) is -0.174. The number of para-hydroxylation sites is 1. The molecular weight excluding hydrogens is 274 g/mol. The van der Waals surface area contributed by atoms with Crippen molar-refractivity contribution in [2.45, 2.75) is 0 Å². The van der Waals surface area contributed by atoms with Crippen LogP contribution >= 0.6 is 22.9 Å². The van der Waals surface area contributed by atoms with Gasteiger partial charge in [-0.1, -0.05) is 23.3 Å². The number of benzene rings is 1. The van der Waals surface area contributed by atoms with E-state index in [0.717, 1.165) is 17.0 Å². The first-order valence-electron chi connectivity index (χ1n) is 5.10. The highest BCUT2D eigenvalue weighted by Crippen LogP contribution is 2.21. The molecule has 0 aliphatic heterocycles. The number of aromatic nitrogens is 2. The van der Waals surface area contributed by atoms with Gasteiger partial charge in [-0.25, -0.2) is 0 Å². The Hall–Kier alpha value is -1.66. The molecule has 18 heavy (non-hydrogen) atoms. The minimum absolute atomic E-state index is 0.100. The summed E-state index contributed by atoms with van der Waals surface area (Å²) in [7, 11) is 1.69. The number of carbonyl (C=O) groups is 1. The Labute approximate surface area is 113 Å². The first-order valence-corrected chi connectivity index (χ1v) is 6.29. The first-order chi connectivity index (χ1) is 8.66. The summed E-state index contributed by atoms with van der Waals surface area (Å²) in [5.41, 5.74) is 0.807. The number of hydrogen-bond acceptors (Lipinski definition) is 5. The Morgan fingerprint density at radius 1 is 1.39 bits per heavy atom. The number of ether oxygens (including phenoxy) is 1. The first kappa shape index (κ1) is 12.8. The van der Waals surface area contributed by atoms with Crippen molar-refractivity contribution in [1.29, 1.82) is 0 Å². The van der Waals surface area contributed by atoms with E-state index in [-0.39, 0.29) is 22.2 Å². The van der Waals surface area contributed by atoms with Crippen LogP contribution in [0.3, 0.4) is 0 Å². The normalized spacial score (nSPS) is 10.1. The second kappa shape index (κ2) is 5.79. The molecule has 1 aromatic carbocycles. The van der Waals surface area contributed by atoms with Gasteiger partial charge in [-0.2, -0.15) is 0 Å². The maximum Gasteiger partial charge on any atom is 0.295 e. The third-order valence-corrected chi connectivity index (χ3v) is 3.15. The van der Waals surface area contributed by atoms with Gasteiger partial charge in [-0.15, -0.1) is 5.10 Å². The minimum atomic E-state index is -0.174. The number of rotatable bonds is 4. The lowest BCUT2D eigenvalue weighted by Gasteiger charge is -2.16. The van der Waals surface area contributed by atoms with Gasteiger partial charge < -0.3 is 9.64 Å². The maximum absolute atomic E-state index is 11.8. The Morgan fingerprint density at radius 2 is 2.11 bits per heavy atom. The van der Waals surface area contributed by atoms with E-state index in [1.165, 1.54) is 4.90 Å². The van der Waals surface area contributed by atoms with E-state index in [9.17, 15) is 4.79 Å². The Kier molecular flexibility index (Phi) is 4.11. The fourth-order valence-electron chi connectivity index (χ4n) is 1.27. The summed E-state index contributed by atoms with van der Waals surface area (Å²) >= 11 is 6.69. The van der Waals surface area contributed by atoms with Gasteiger partial charge in [0.25, 0.3) is 11.1 Å². The monoisotopic (exact) mass is 283 g/mol. The van der Waals surface area contributed by atoms with E-state index < -0.39 is 0 Å². The number of nitrogens with zero attached hydrogens (tertiary/aromatic N) is 3. The molecule has 0 unspecified atom stereocenters. The second-order valence-electron chi connectivity index (χ2n) is 3.40. The zero-order valence-electron chi connectivity index (χ0n) is 9.54. The number of hydrogen-bond donors (Lipinski definition) is 0. The van der Waals surface area contributed by atoms with Crippen molar-refractivity contribution in [2.24, 2.45) is 0 Å². The number of carbonyl (C=O) groups excluding carboxylic acids is 1. The predicted octanol–water partition coefficient (Wildman–Crippen LogP) is 2.23. The van der Waals surface area contributed by atoms with Crippen LogP contribution in [0.5, 0.6) is 5.19 Å². The van der Waals surface area contributed by atoms with Gasteiger partial charge in [0, 0.05) is 12.7 Å². The summed E-state index contributed by atoms with van der Waals surface area (Å²) in [5, 5.41) is 7.53. The molecule has 1 aromatic heterocycles. The lowest BCUT2D eigenvalue weighted by atomic mass is 10.3. The molecule has 0 fully saturated rings. The van der Waals surface area contributed by atoms with Crippen molar-refractivity contribution in [3.63, 3.8) is 0 Å². The molecule has 5 nitrogen and oxygen atoms in total. The largest absolute Gasteiger partial charge is 0.459 e. The highest BCUT2D eigenvalue weighted by Gasteiger charge is 2.12. The van der Waals surface area contributed by atoms with E-state index >= 15 is 0 Å². The Morgan fingerprint density at radius 3 is 2.72 bits per heavy atom. The van der Waals surface area contributed by atoms with Gasteiger partial charge in [0.05, 0.1) is 0 Å². The summed E-state index contributed by atoms with van der Waals surface area (Å²) < 4.78 is 5.49. The van der Waals surface area contributed by atoms with E-state index in [1.807, 2.05) is 30.3 Å². The molecule has 0 spiro atoms. The Balaban J connectivity index is 1.92. The van der Waals surface area contributed by atoms with Gasteiger partial charge in [0.1, 0.15) is 0 Å². The maximum atomic E-state index is 11.8. The van der Waals surface area contributed by atoms with E-state index in [0.29, 0.717) is 0 Å². The molecule has 1 heterocycles. The molecule has 94 valence electrons. The highest BCUT2D eigenvalue weighted by atomic mass is 35.5. The number of likely N-dealkylation sites (N-methyl/N-ethyl adjacent to an activating group) is 1. The zero-order chi connectivity index (χ0) is 13.0. The van der Waals surface area contributed by atoms with Crippen LogP contribution in [0.15, 0.2) is 30.3 Å². The fourth-order valence-corrected chi connectivity index (χ4v) is 1.93. The average molecular weight is 284 g/mol. The van der Waals surface area contributed by atoms with E-state index in [1.54, 1.807) is 7.05 Å². The van der Waals surface area contributed by atoms with Crippen molar-refractivity contribution in [1.82, 2.24) is 10.2 Å². The van der Waals surface area contributed by atoms with Gasteiger partial charge in [0.15, 0.2) is 6.61 Å². The molecule has 1 amide bonds. The lowest BCUT2D eigenvalue weighted by Crippen LogP contribution is -2.31. The molecule has 0 atom stereocenters. The molecule has 0 saturated heterocycles. The molecule has 0 saturated carbocycles. The third-order valence-electron chi connectivity index (χ3n) is 2.22. The topological polar surface area (TPSA) is 55.3 Å². The standard InChI is InChI=1S/C11H10ClN3O2S/c1-15(8-5-3-2-4-6-8)9(16)7-17-11-14-13-10(12)18-11/h2-6H,7H2,1H3. The van der Waals surface area contributed by atoms with Crippen LogP contribution in [0, 0.1) is 0 Å². The summed E-state index contributed by atoms with van der Waals surface area (Å²) in [6.45, 7) is -0.100. The van der Waals surface area contributed by atoms with Gasteiger partial charge in [0.2, 0.25) is 4.47 Å². The molecule has 0 aliphatic carbocycles. The summed E-state index contributed by atoms with van der Waals surface area (Å²) in [6.07, 6.45) is 0. The van der Waals surface area contributed by atoms with Gasteiger partial charge in [-0.3, -0.25) is 4.79 Å². The second-order valence-corrected chi connectivity index (χ2v) is 4.92. The molecule has 0 radical (unpaired) electrons. The number of halogens is 1. The van der Waals surface area contributed by atoms with Crippen molar-refractivity contribution in [2.75, 3.05) is 18.6 Å². The number of anilines is 1. The molecule has 0 bridgehead atoms. The van der Waals surface area contributed by atoms with Crippen molar-refractivity contribution >= 4 is 34.5 Å². The lowest BCUT2D eigenvalue weighted by molar-refractivity contribution is -0.120. The smallest absolute Gasteiger partial charge is 0.295 e. The molecule has 0 aliphatic rings. The van der Waals surface area contributed by atoms with Crippen LogP contribution in [0.1, 0.15) is 0 Å². The van der Waals surface area contributed by atoms with Crippen LogP contribution in [0.25, 0.3) is 0 Å². The summed E-state index contributed by atoms with van der Waals surface area (Å²) in [4.78, 5) is 13.4. The van der Waals surface area contributed by atoms with Crippen LogP contribution < -0.4 is 9.64 Å². The predicted molar refractivity (Wildman–Crippen MR) is 70.3 cm³/mol. The van der Waals surface area contributed by atoms with E-state index in [4.69, 9.17) is 16.3 Å². The SMILES string of the molecule is CN(C(=O)COc1nnc(Cl)s1)c1ccccc1. The summed E-state index contributed by atoms with van der Waals surface area (Å²) in [6, 6.07) is 9.32. The molecule has 2 rings (SSSR count). The van der Waals surface area contributed by atoms with Crippen molar-refractivity contribution in [3.8, 4) is 5.19 Å². The highest BCUT2D eigenvalue weighted by molar-refractivity contribution is 7.17. The van der Waals surface area contributed by atoms with E-state index in [2.05, 4.69) is 10.2 Å². The Bertz CT molecular complexity index is 532. The zero-order valence-corrected chi connectivity index (χ0v) is 11.1. The third kappa shape index (κ3) is 3.18.